The maximum atomic E-state index is 13.3. The Morgan fingerprint density at radius 3 is 2.93 bits per heavy atom. The zero-order valence-electron chi connectivity index (χ0n) is 15.6. The van der Waals surface area contributed by atoms with Crippen molar-refractivity contribution in [2.24, 2.45) is 0 Å². The van der Waals surface area contributed by atoms with Crippen LogP contribution in [0.2, 0.25) is 0 Å². The number of amides is 1. The van der Waals surface area contributed by atoms with Crippen molar-refractivity contribution in [1.82, 2.24) is 24.3 Å². The molecule has 1 saturated heterocycles. The number of hydrogen-bond acceptors (Lipinski definition) is 5. The summed E-state index contributed by atoms with van der Waals surface area (Å²) in [6.45, 7) is 1.27. The number of H-pyrrole nitrogens is 1. The first-order chi connectivity index (χ1) is 14.2. The average Bonchev–Trinajstić information content (AvgIpc) is 3.35. The van der Waals surface area contributed by atoms with E-state index in [4.69, 9.17) is 0 Å². The molecule has 0 bridgehead atoms. The second-order valence-corrected chi connectivity index (χ2v) is 8.03. The van der Waals surface area contributed by atoms with Gasteiger partial charge in [0.15, 0.2) is 4.96 Å². The van der Waals surface area contributed by atoms with Crippen molar-refractivity contribution < 1.29 is 4.79 Å². The first kappa shape index (κ1) is 17.8. The van der Waals surface area contributed by atoms with Crippen molar-refractivity contribution in [3.63, 3.8) is 0 Å². The highest BCUT2D eigenvalue weighted by molar-refractivity contribution is 7.15. The smallest absolute Gasteiger partial charge is 0.271 e. The van der Waals surface area contributed by atoms with Gasteiger partial charge in [-0.05, 0) is 12.8 Å². The quantitative estimate of drug-likeness (QED) is 0.568. The van der Waals surface area contributed by atoms with E-state index in [9.17, 15) is 9.59 Å². The van der Waals surface area contributed by atoms with E-state index in [1.165, 1.54) is 23.7 Å². The van der Waals surface area contributed by atoms with E-state index >= 15 is 0 Å². The Kier molecular flexibility index (Phi) is 4.48. The summed E-state index contributed by atoms with van der Waals surface area (Å²) in [6, 6.07) is 11.5. The number of imidazole rings is 1. The monoisotopic (exact) mass is 405 g/mol. The molecular formula is C21H19N5O2S. The number of rotatable bonds is 3. The molecule has 1 N–H and O–H groups in total. The minimum atomic E-state index is -0.162. The largest absolute Gasteiger partial charge is 0.337 e. The molecule has 7 nitrogen and oxygen atoms in total. The summed E-state index contributed by atoms with van der Waals surface area (Å²) in [5.74, 6) is 0.0644. The van der Waals surface area contributed by atoms with Crippen molar-refractivity contribution >= 4 is 22.2 Å². The average molecular weight is 405 g/mol. The predicted octanol–water partition coefficient (Wildman–Crippen LogP) is 3.17. The lowest BCUT2D eigenvalue weighted by molar-refractivity contribution is 0.0699. The SMILES string of the molecule is O=C(c1csc2nc(-c3ccccc3)cn12)N1CCC[C@@H](c2cc(=O)[nH]cn2)C1. The fraction of sp³-hybridized carbons (Fsp3) is 0.238. The number of piperidine rings is 1. The van der Waals surface area contributed by atoms with Gasteiger partial charge in [0.2, 0.25) is 0 Å². The van der Waals surface area contributed by atoms with Crippen LogP contribution in [0.15, 0.2) is 59.1 Å². The Morgan fingerprint density at radius 2 is 2.10 bits per heavy atom. The first-order valence-corrected chi connectivity index (χ1v) is 10.4. The van der Waals surface area contributed by atoms with Crippen LogP contribution in [0, 0.1) is 0 Å². The number of fused-ring (bicyclic) bond motifs is 1. The van der Waals surface area contributed by atoms with Crippen LogP contribution in [0.5, 0.6) is 0 Å². The molecule has 0 unspecified atom stereocenters. The van der Waals surface area contributed by atoms with Crippen LogP contribution in [-0.4, -0.2) is 43.2 Å². The van der Waals surface area contributed by atoms with Crippen LogP contribution < -0.4 is 5.56 Å². The number of carbonyl (C=O) groups is 1. The molecule has 0 spiro atoms. The van der Waals surface area contributed by atoms with Crippen LogP contribution in [0.25, 0.3) is 16.2 Å². The highest BCUT2D eigenvalue weighted by Crippen LogP contribution is 2.28. The van der Waals surface area contributed by atoms with Gasteiger partial charge >= 0.3 is 0 Å². The zero-order chi connectivity index (χ0) is 19.8. The second kappa shape index (κ2) is 7.29. The molecule has 1 aliphatic rings. The molecule has 4 aromatic rings. The molecular weight excluding hydrogens is 386 g/mol. The zero-order valence-corrected chi connectivity index (χ0v) is 16.4. The number of aromatic amines is 1. The molecule has 0 saturated carbocycles. The van der Waals surface area contributed by atoms with Crippen molar-refractivity contribution in [3.8, 4) is 11.3 Å². The summed E-state index contributed by atoms with van der Waals surface area (Å²) in [7, 11) is 0. The summed E-state index contributed by atoms with van der Waals surface area (Å²) >= 11 is 1.47. The Bertz CT molecular complexity index is 1230. The van der Waals surface area contributed by atoms with Gasteiger partial charge in [-0.25, -0.2) is 9.97 Å². The Labute approximate surface area is 170 Å². The van der Waals surface area contributed by atoms with Gasteiger partial charge in [0.05, 0.1) is 17.7 Å². The maximum Gasteiger partial charge on any atom is 0.271 e. The molecule has 8 heteroatoms. The number of hydrogen-bond donors (Lipinski definition) is 1. The lowest BCUT2D eigenvalue weighted by Crippen LogP contribution is -2.40. The van der Waals surface area contributed by atoms with Gasteiger partial charge in [0.25, 0.3) is 11.5 Å². The summed E-state index contributed by atoms with van der Waals surface area (Å²) in [4.78, 5) is 39.1. The van der Waals surface area contributed by atoms with Gasteiger partial charge in [-0.2, -0.15) is 0 Å². The van der Waals surface area contributed by atoms with Crippen LogP contribution in [0.1, 0.15) is 34.9 Å². The lowest BCUT2D eigenvalue weighted by atomic mass is 9.94. The minimum absolute atomic E-state index is 0.0113. The molecule has 1 aliphatic heterocycles. The molecule has 1 aromatic carbocycles. The van der Waals surface area contributed by atoms with Gasteiger partial charge < -0.3 is 9.88 Å². The van der Waals surface area contributed by atoms with Crippen LogP contribution >= 0.6 is 11.3 Å². The molecule has 146 valence electrons. The number of aromatic nitrogens is 4. The minimum Gasteiger partial charge on any atom is -0.337 e. The van der Waals surface area contributed by atoms with Crippen LogP contribution in [-0.2, 0) is 0 Å². The topological polar surface area (TPSA) is 83.4 Å². The molecule has 3 aromatic heterocycles. The molecule has 1 fully saturated rings. The fourth-order valence-electron chi connectivity index (χ4n) is 3.86. The summed E-state index contributed by atoms with van der Waals surface area (Å²) in [6.07, 6.45) is 5.16. The van der Waals surface area contributed by atoms with E-state index < -0.39 is 0 Å². The second-order valence-electron chi connectivity index (χ2n) is 7.19. The number of thiazole rings is 1. The van der Waals surface area contributed by atoms with E-state index in [2.05, 4.69) is 15.0 Å². The molecule has 29 heavy (non-hydrogen) atoms. The number of nitrogens with one attached hydrogen (secondary N) is 1. The van der Waals surface area contributed by atoms with E-state index in [0.717, 1.165) is 34.8 Å². The van der Waals surface area contributed by atoms with Crippen molar-refractivity contribution in [2.75, 3.05) is 13.1 Å². The van der Waals surface area contributed by atoms with E-state index in [-0.39, 0.29) is 17.4 Å². The van der Waals surface area contributed by atoms with E-state index in [0.29, 0.717) is 18.8 Å². The number of likely N-dealkylation sites (tertiary alicyclic amines) is 1. The summed E-state index contributed by atoms with van der Waals surface area (Å²) < 4.78 is 1.88. The molecule has 5 rings (SSSR count). The molecule has 0 aliphatic carbocycles. The van der Waals surface area contributed by atoms with Gasteiger partial charge in [-0.1, -0.05) is 30.3 Å². The molecule has 4 heterocycles. The Balaban J connectivity index is 1.42. The van der Waals surface area contributed by atoms with Gasteiger partial charge in [-0.15, -0.1) is 11.3 Å². The van der Waals surface area contributed by atoms with Crippen LogP contribution in [0.3, 0.4) is 0 Å². The normalized spacial score (nSPS) is 17.0. The third-order valence-electron chi connectivity index (χ3n) is 5.32. The van der Waals surface area contributed by atoms with Crippen molar-refractivity contribution in [2.45, 2.75) is 18.8 Å². The van der Waals surface area contributed by atoms with Crippen molar-refractivity contribution in [3.05, 3.63) is 76.0 Å². The van der Waals surface area contributed by atoms with E-state index in [1.807, 2.05) is 51.2 Å². The molecule has 1 atom stereocenters. The highest BCUT2D eigenvalue weighted by atomic mass is 32.1. The predicted molar refractivity (Wildman–Crippen MR) is 111 cm³/mol. The maximum absolute atomic E-state index is 13.3. The summed E-state index contributed by atoms with van der Waals surface area (Å²) in [5.41, 5.74) is 3.09. The van der Waals surface area contributed by atoms with Gasteiger partial charge in [0, 0.05) is 42.2 Å². The standard InChI is InChI=1S/C21H19N5O2S/c27-19-9-16(22-13-23-19)15-7-4-8-25(10-15)20(28)18-12-29-21-24-17(11-26(18)21)14-5-2-1-3-6-14/h1-3,5-6,9,11-13,15H,4,7-8,10H2,(H,22,23,27)/t15-/m1/s1. The molecule has 1 amide bonds. The number of nitrogens with zero attached hydrogens (tertiary/aromatic N) is 4. The Hall–Kier alpha value is -3.26. The van der Waals surface area contributed by atoms with Gasteiger partial charge in [-0.3, -0.25) is 14.0 Å². The summed E-state index contributed by atoms with van der Waals surface area (Å²) in [5, 5.41) is 1.87. The fourth-order valence-corrected chi connectivity index (χ4v) is 4.70. The van der Waals surface area contributed by atoms with E-state index in [1.54, 1.807) is 0 Å². The van der Waals surface area contributed by atoms with Crippen LogP contribution in [0.4, 0.5) is 0 Å². The number of benzene rings is 1. The highest BCUT2D eigenvalue weighted by Gasteiger charge is 2.28. The Morgan fingerprint density at radius 1 is 1.24 bits per heavy atom. The number of carbonyl (C=O) groups excluding carboxylic acids is 1. The van der Waals surface area contributed by atoms with Crippen molar-refractivity contribution in [1.29, 1.82) is 0 Å². The molecule has 0 radical (unpaired) electrons. The first-order valence-electron chi connectivity index (χ1n) is 9.55. The third-order valence-corrected chi connectivity index (χ3v) is 6.16. The van der Waals surface area contributed by atoms with Gasteiger partial charge in [0.1, 0.15) is 5.69 Å². The lowest BCUT2D eigenvalue weighted by Gasteiger charge is -2.32. The third kappa shape index (κ3) is 3.36.